The Bertz CT molecular complexity index is 365. The molecule has 1 atom stereocenters. The number of nitrogens with two attached hydrogens (primary N) is 1. The molecule has 2 rings (SSSR count). The van der Waals surface area contributed by atoms with Gasteiger partial charge in [-0.2, -0.15) is 11.8 Å². The third-order valence-electron chi connectivity index (χ3n) is 3.11. The Labute approximate surface area is 102 Å². The second-order valence-corrected chi connectivity index (χ2v) is 5.87. The first-order valence-corrected chi connectivity index (χ1v) is 6.89. The fourth-order valence-electron chi connectivity index (χ4n) is 2.14. The predicted octanol–water partition coefficient (Wildman–Crippen LogP) is 2.18. The number of benzene rings is 1. The molecule has 1 heterocycles. The van der Waals surface area contributed by atoms with Crippen molar-refractivity contribution in [2.75, 3.05) is 30.3 Å². The van der Waals surface area contributed by atoms with Crippen molar-refractivity contribution in [1.82, 2.24) is 0 Å². The summed E-state index contributed by atoms with van der Waals surface area (Å²) in [5.41, 5.74) is 9.86. The van der Waals surface area contributed by atoms with Crippen molar-refractivity contribution in [1.29, 1.82) is 0 Å². The molecule has 0 bridgehead atoms. The van der Waals surface area contributed by atoms with E-state index in [1.54, 1.807) is 0 Å². The highest BCUT2D eigenvalue weighted by atomic mass is 32.2. The topological polar surface area (TPSA) is 29.3 Å². The summed E-state index contributed by atoms with van der Waals surface area (Å²) in [5.74, 6) is 1.19. The smallest absolute Gasteiger partial charge is 0.0399 e. The lowest BCUT2D eigenvalue weighted by molar-refractivity contribution is 0.746. The number of anilines is 1. The number of nitrogens with zero attached hydrogens (tertiary/aromatic N) is 1. The molecule has 1 aliphatic rings. The van der Waals surface area contributed by atoms with E-state index in [0.29, 0.717) is 5.25 Å². The van der Waals surface area contributed by atoms with Gasteiger partial charge < -0.3 is 10.6 Å². The Hall–Kier alpha value is -0.670. The quantitative estimate of drug-likeness (QED) is 0.853. The van der Waals surface area contributed by atoms with Gasteiger partial charge >= 0.3 is 0 Å². The molecule has 0 radical (unpaired) electrons. The van der Waals surface area contributed by atoms with E-state index in [1.165, 1.54) is 22.6 Å². The van der Waals surface area contributed by atoms with Crippen molar-refractivity contribution >= 4 is 17.4 Å². The molecule has 2 nitrogen and oxygen atoms in total. The maximum atomic E-state index is 5.76. The average Bonchev–Trinajstić information content (AvgIpc) is 2.32. The molecular weight excluding hydrogens is 216 g/mol. The first-order valence-electron chi connectivity index (χ1n) is 5.84. The molecule has 0 aromatic heterocycles. The molecule has 1 aromatic carbocycles. The molecule has 1 aliphatic heterocycles. The van der Waals surface area contributed by atoms with Crippen LogP contribution in [0.3, 0.4) is 0 Å². The Morgan fingerprint density at radius 1 is 1.44 bits per heavy atom. The van der Waals surface area contributed by atoms with Crippen LogP contribution in [-0.4, -0.2) is 30.6 Å². The summed E-state index contributed by atoms with van der Waals surface area (Å²) in [6.45, 7) is 7.36. The van der Waals surface area contributed by atoms with E-state index < -0.39 is 0 Å². The summed E-state index contributed by atoms with van der Waals surface area (Å²) < 4.78 is 0. The first kappa shape index (κ1) is 11.8. The summed E-state index contributed by atoms with van der Waals surface area (Å²) in [6, 6.07) is 6.68. The molecule has 0 spiro atoms. The predicted molar refractivity (Wildman–Crippen MR) is 73.4 cm³/mol. The van der Waals surface area contributed by atoms with Gasteiger partial charge in [-0.05, 0) is 31.0 Å². The van der Waals surface area contributed by atoms with Gasteiger partial charge in [0.05, 0.1) is 0 Å². The SMILES string of the molecule is Cc1ccc(C)c(N2CCSC(CN)C2)c1. The highest BCUT2D eigenvalue weighted by molar-refractivity contribution is 8.00. The second kappa shape index (κ2) is 5.11. The molecule has 3 heteroatoms. The van der Waals surface area contributed by atoms with Gasteiger partial charge in [0.15, 0.2) is 0 Å². The van der Waals surface area contributed by atoms with Crippen LogP contribution in [0.5, 0.6) is 0 Å². The van der Waals surface area contributed by atoms with Crippen LogP contribution < -0.4 is 10.6 Å². The van der Waals surface area contributed by atoms with Crippen molar-refractivity contribution in [2.45, 2.75) is 19.1 Å². The largest absolute Gasteiger partial charge is 0.369 e. The number of thioether (sulfide) groups is 1. The summed E-state index contributed by atoms with van der Waals surface area (Å²) in [7, 11) is 0. The zero-order chi connectivity index (χ0) is 11.5. The second-order valence-electron chi connectivity index (χ2n) is 4.46. The Morgan fingerprint density at radius 3 is 3.00 bits per heavy atom. The zero-order valence-corrected chi connectivity index (χ0v) is 10.9. The van der Waals surface area contributed by atoms with E-state index in [1.807, 2.05) is 11.8 Å². The van der Waals surface area contributed by atoms with Gasteiger partial charge in [-0.1, -0.05) is 12.1 Å². The van der Waals surface area contributed by atoms with Crippen molar-refractivity contribution in [2.24, 2.45) is 5.73 Å². The maximum absolute atomic E-state index is 5.76. The van der Waals surface area contributed by atoms with Crippen LogP contribution in [0.15, 0.2) is 18.2 Å². The molecule has 1 fully saturated rings. The number of hydrogen-bond donors (Lipinski definition) is 1. The van der Waals surface area contributed by atoms with E-state index >= 15 is 0 Å². The van der Waals surface area contributed by atoms with Crippen molar-refractivity contribution in [3.8, 4) is 0 Å². The number of hydrogen-bond acceptors (Lipinski definition) is 3. The third-order valence-corrected chi connectivity index (χ3v) is 4.34. The minimum Gasteiger partial charge on any atom is -0.369 e. The summed E-state index contributed by atoms with van der Waals surface area (Å²) in [5, 5.41) is 0.591. The van der Waals surface area contributed by atoms with Crippen LogP contribution in [0.4, 0.5) is 5.69 Å². The Kier molecular flexibility index (Phi) is 3.77. The molecule has 16 heavy (non-hydrogen) atoms. The van der Waals surface area contributed by atoms with Crippen LogP contribution in [0.25, 0.3) is 0 Å². The van der Waals surface area contributed by atoms with Crippen LogP contribution in [0.1, 0.15) is 11.1 Å². The summed E-state index contributed by atoms with van der Waals surface area (Å²) >= 11 is 2.01. The van der Waals surface area contributed by atoms with Gasteiger partial charge in [0.2, 0.25) is 0 Å². The van der Waals surface area contributed by atoms with E-state index in [4.69, 9.17) is 5.73 Å². The molecule has 0 aliphatic carbocycles. The Balaban J connectivity index is 2.19. The molecule has 2 N–H and O–H groups in total. The molecule has 0 saturated carbocycles. The van der Waals surface area contributed by atoms with Crippen molar-refractivity contribution in [3.63, 3.8) is 0 Å². The van der Waals surface area contributed by atoms with Crippen LogP contribution in [0.2, 0.25) is 0 Å². The van der Waals surface area contributed by atoms with Gasteiger partial charge in [-0.15, -0.1) is 0 Å². The zero-order valence-electron chi connectivity index (χ0n) is 10.1. The molecule has 88 valence electrons. The number of rotatable bonds is 2. The molecule has 1 aromatic rings. The lowest BCUT2D eigenvalue weighted by Gasteiger charge is -2.34. The van der Waals surface area contributed by atoms with Gasteiger partial charge in [-0.3, -0.25) is 0 Å². The van der Waals surface area contributed by atoms with Crippen LogP contribution in [-0.2, 0) is 0 Å². The van der Waals surface area contributed by atoms with Crippen molar-refractivity contribution < 1.29 is 0 Å². The minimum absolute atomic E-state index is 0.591. The lowest BCUT2D eigenvalue weighted by Crippen LogP contribution is -2.41. The molecule has 1 saturated heterocycles. The van der Waals surface area contributed by atoms with E-state index in [2.05, 4.69) is 36.9 Å². The van der Waals surface area contributed by atoms with E-state index in [-0.39, 0.29) is 0 Å². The third kappa shape index (κ3) is 2.53. The van der Waals surface area contributed by atoms with Gasteiger partial charge in [-0.25, -0.2) is 0 Å². The van der Waals surface area contributed by atoms with Crippen LogP contribution in [0, 0.1) is 13.8 Å². The standard InChI is InChI=1S/C13H20N2S/c1-10-3-4-11(2)13(7-10)15-5-6-16-12(8-14)9-15/h3-4,7,12H,5-6,8-9,14H2,1-2H3. The highest BCUT2D eigenvalue weighted by Crippen LogP contribution is 2.27. The van der Waals surface area contributed by atoms with Gasteiger partial charge in [0, 0.05) is 36.3 Å². The Morgan fingerprint density at radius 2 is 2.25 bits per heavy atom. The fraction of sp³-hybridized carbons (Fsp3) is 0.538. The van der Waals surface area contributed by atoms with Gasteiger partial charge in [0.1, 0.15) is 0 Å². The molecular formula is C13H20N2S. The normalized spacial score (nSPS) is 21.2. The average molecular weight is 236 g/mol. The molecule has 1 unspecified atom stereocenters. The van der Waals surface area contributed by atoms with E-state index in [9.17, 15) is 0 Å². The van der Waals surface area contributed by atoms with Crippen molar-refractivity contribution in [3.05, 3.63) is 29.3 Å². The highest BCUT2D eigenvalue weighted by Gasteiger charge is 2.20. The monoisotopic (exact) mass is 236 g/mol. The lowest BCUT2D eigenvalue weighted by atomic mass is 10.1. The fourth-order valence-corrected chi connectivity index (χ4v) is 3.22. The summed E-state index contributed by atoms with van der Waals surface area (Å²) in [4.78, 5) is 2.48. The van der Waals surface area contributed by atoms with E-state index in [0.717, 1.165) is 19.6 Å². The summed E-state index contributed by atoms with van der Waals surface area (Å²) in [6.07, 6.45) is 0. The number of aryl methyl sites for hydroxylation is 2. The first-order chi connectivity index (χ1) is 7.70. The minimum atomic E-state index is 0.591. The maximum Gasteiger partial charge on any atom is 0.0399 e. The molecule has 0 amide bonds. The van der Waals surface area contributed by atoms with Gasteiger partial charge in [0.25, 0.3) is 0 Å². The van der Waals surface area contributed by atoms with Crippen LogP contribution >= 0.6 is 11.8 Å².